The number of amides is 2. The van der Waals surface area contributed by atoms with Gasteiger partial charge in [0.25, 0.3) is 0 Å². The second-order valence-electron chi connectivity index (χ2n) is 5.44. The van der Waals surface area contributed by atoms with E-state index >= 15 is 0 Å². The Morgan fingerprint density at radius 1 is 1.48 bits per heavy atom. The van der Waals surface area contributed by atoms with Crippen molar-refractivity contribution >= 4 is 12.0 Å². The summed E-state index contributed by atoms with van der Waals surface area (Å²) in [5.74, 6) is -1.03. The summed E-state index contributed by atoms with van der Waals surface area (Å²) in [4.78, 5) is 24.2. The number of carboxylic acids is 1. The van der Waals surface area contributed by atoms with Crippen LogP contribution in [0.3, 0.4) is 0 Å². The maximum absolute atomic E-state index is 12.2. The number of rotatable bonds is 7. The van der Waals surface area contributed by atoms with Crippen LogP contribution in [0.25, 0.3) is 0 Å². The number of urea groups is 1. The molecule has 0 radical (unpaired) electrons. The van der Waals surface area contributed by atoms with Crippen LogP contribution in [0.4, 0.5) is 4.79 Å². The predicted octanol–water partition coefficient (Wildman–Crippen LogP) is 2.01. The molecule has 0 aromatic carbocycles. The van der Waals surface area contributed by atoms with E-state index in [9.17, 15) is 9.59 Å². The summed E-state index contributed by atoms with van der Waals surface area (Å²) in [5.41, 5.74) is -0.174. The Hall–Kier alpha value is -1.56. The summed E-state index contributed by atoms with van der Waals surface area (Å²) in [7, 11) is 0. The Labute approximate surface area is 126 Å². The largest absolute Gasteiger partial charge is 0.480 e. The summed E-state index contributed by atoms with van der Waals surface area (Å²) in [5, 5.41) is 11.8. The molecule has 1 aliphatic rings. The molecule has 0 bridgehead atoms. The molecule has 0 spiro atoms. The molecule has 1 rings (SSSR count). The number of carboxylic acid groups (broad SMARTS) is 1. The zero-order valence-electron chi connectivity index (χ0n) is 12.9. The Balaban J connectivity index is 2.63. The first-order chi connectivity index (χ1) is 9.96. The topological polar surface area (TPSA) is 78.9 Å². The zero-order chi connectivity index (χ0) is 15.9. The molecule has 0 aromatic heterocycles. The van der Waals surface area contributed by atoms with E-state index in [4.69, 9.17) is 9.84 Å². The van der Waals surface area contributed by atoms with Gasteiger partial charge in [0.2, 0.25) is 0 Å². The molecule has 0 saturated carbocycles. The number of hydrogen-bond acceptors (Lipinski definition) is 3. The number of nitrogens with one attached hydrogen (secondary N) is 1. The molecule has 1 fully saturated rings. The van der Waals surface area contributed by atoms with Crippen LogP contribution >= 0.6 is 0 Å². The Morgan fingerprint density at radius 2 is 2.14 bits per heavy atom. The van der Waals surface area contributed by atoms with Crippen molar-refractivity contribution in [3.63, 3.8) is 0 Å². The highest BCUT2D eigenvalue weighted by Gasteiger charge is 2.35. The monoisotopic (exact) mass is 298 g/mol. The van der Waals surface area contributed by atoms with Gasteiger partial charge in [0.1, 0.15) is 6.54 Å². The van der Waals surface area contributed by atoms with Gasteiger partial charge in [-0.25, -0.2) is 4.79 Å². The molecule has 120 valence electrons. The van der Waals surface area contributed by atoms with Crippen LogP contribution in [-0.2, 0) is 9.53 Å². The van der Waals surface area contributed by atoms with Gasteiger partial charge in [0, 0.05) is 19.2 Å². The third kappa shape index (κ3) is 5.04. The lowest BCUT2D eigenvalue weighted by molar-refractivity contribution is -0.137. The van der Waals surface area contributed by atoms with Crippen molar-refractivity contribution in [2.24, 2.45) is 0 Å². The van der Waals surface area contributed by atoms with Gasteiger partial charge in [0.15, 0.2) is 0 Å². The van der Waals surface area contributed by atoms with Crippen LogP contribution in [0.15, 0.2) is 12.7 Å². The van der Waals surface area contributed by atoms with Crippen LogP contribution in [-0.4, -0.2) is 53.3 Å². The highest BCUT2D eigenvalue weighted by atomic mass is 16.5. The van der Waals surface area contributed by atoms with Crippen LogP contribution in [0.5, 0.6) is 0 Å². The minimum atomic E-state index is -1.03. The van der Waals surface area contributed by atoms with Crippen LogP contribution in [0.1, 0.15) is 39.5 Å². The summed E-state index contributed by atoms with van der Waals surface area (Å²) in [6.45, 7) is 8.23. The molecule has 2 amide bonds. The molecule has 6 heteroatoms. The van der Waals surface area contributed by atoms with Crippen molar-refractivity contribution in [2.75, 3.05) is 19.7 Å². The zero-order valence-corrected chi connectivity index (χ0v) is 12.9. The summed E-state index contributed by atoms with van der Waals surface area (Å²) >= 11 is 0. The fourth-order valence-electron chi connectivity index (χ4n) is 2.70. The second-order valence-corrected chi connectivity index (χ2v) is 5.44. The van der Waals surface area contributed by atoms with Crippen molar-refractivity contribution in [1.82, 2.24) is 10.2 Å². The van der Waals surface area contributed by atoms with Gasteiger partial charge in [0.05, 0.1) is 5.60 Å². The van der Waals surface area contributed by atoms with E-state index in [1.807, 2.05) is 0 Å². The minimum Gasteiger partial charge on any atom is -0.480 e. The normalized spacial score (nSPS) is 20.6. The van der Waals surface area contributed by atoms with Crippen molar-refractivity contribution in [3.8, 4) is 0 Å². The molecular formula is C15H26N2O4. The Morgan fingerprint density at radius 3 is 2.67 bits per heavy atom. The molecule has 1 heterocycles. The summed E-state index contributed by atoms with van der Waals surface area (Å²) in [6, 6.07) is -0.336. The van der Waals surface area contributed by atoms with E-state index < -0.39 is 5.97 Å². The maximum Gasteiger partial charge on any atom is 0.323 e. The number of aliphatic carboxylic acids is 1. The van der Waals surface area contributed by atoms with Crippen LogP contribution in [0, 0.1) is 0 Å². The highest BCUT2D eigenvalue weighted by Crippen LogP contribution is 2.31. The van der Waals surface area contributed by atoms with Gasteiger partial charge in [-0.2, -0.15) is 0 Å². The molecule has 21 heavy (non-hydrogen) atoms. The summed E-state index contributed by atoms with van der Waals surface area (Å²) < 4.78 is 5.87. The smallest absolute Gasteiger partial charge is 0.323 e. The first-order valence-corrected chi connectivity index (χ1v) is 7.48. The third-order valence-electron chi connectivity index (χ3n) is 4.07. The quantitative estimate of drug-likeness (QED) is 0.705. The Kier molecular flexibility index (Phi) is 6.68. The first-order valence-electron chi connectivity index (χ1n) is 7.48. The van der Waals surface area contributed by atoms with Gasteiger partial charge in [-0.05, 0) is 25.7 Å². The molecule has 2 N–H and O–H groups in total. The van der Waals surface area contributed by atoms with Crippen LogP contribution < -0.4 is 5.32 Å². The van der Waals surface area contributed by atoms with Crippen molar-refractivity contribution in [1.29, 1.82) is 0 Å². The van der Waals surface area contributed by atoms with Crippen molar-refractivity contribution in [3.05, 3.63) is 12.7 Å². The minimum absolute atomic E-state index is 0.0206. The summed E-state index contributed by atoms with van der Waals surface area (Å²) in [6.07, 6.45) is 4.85. The average Bonchev–Trinajstić information content (AvgIpc) is 2.46. The van der Waals surface area contributed by atoms with E-state index in [2.05, 4.69) is 25.7 Å². The molecule has 6 nitrogen and oxygen atoms in total. The van der Waals surface area contributed by atoms with E-state index in [0.717, 1.165) is 25.7 Å². The Bertz CT molecular complexity index is 380. The van der Waals surface area contributed by atoms with E-state index in [0.29, 0.717) is 6.61 Å². The number of nitrogens with zero attached hydrogens (tertiary/aromatic N) is 1. The van der Waals surface area contributed by atoms with Gasteiger partial charge in [-0.3, -0.25) is 4.79 Å². The second kappa shape index (κ2) is 8.02. The standard InChI is InChI=1S/C15H26N2O4/c1-4-8-17(11-13(18)19)14(20)16-12-7-9-21-15(5-2,6-3)10-12/h4,12H,1,5-11H2,2-3H3,(H,16,20)(H,18,19). The van der Waals surface area contributed by atoms with Gasteiger partial charge >= 0.3 is 12.0 Å². The lowest BCUT2D eigenvalue weighted by Crippen LogP contribution is -2.52. The first kappa shape index (κ1) is 17.5. The maximum atomic E-state index is 12.2. The van der Waals surface area contributed by atoms with Crippen molar-refractivity contribution in [2.45, 2.75) is 51.2 Å². The molecule has 0 aromatic rings. The molecular weight excluding hydrogens is 272 g/mol. The molecule has 1 unspecified atom stereocenters. The van der Waals surface area contributed by atoms with Crippen LogP contribution in [0.2, 0.25) is 0 Å². The van der Waals surface area contributed by atoms with E-state index in [1.165, 1.54) is 11.0 Å². The van der Waals surface area contributed by atoms with Gasteiger partial charge in [-0.1, -0.05) is 19.9 Å². The SMILES string of the molecule is C=CCN(CC(=O)O)C(=O)NC1CCOC(CC)(CC)C1. The van der Waals surface area contributed by atoms with Gasteiger partial charge < -0.3 is 20.1 Å². The van der Waals surface area contributed by atoms with Gasteiger partial charge in [-0.15, -0.1) is 6.58 Å². The number of carbonyl (C=O) groups is 2. The fourth-order valence-corrected chi connectivity index (χ4v) is 2.70. The van der Waals surface area contributed by atoms with E-state index in [-0.39, 0.29) is 30.8 Å². The average molecular weight is 298 g/mol. The molecule has 1 saturated heterocycles. The molecule has 0 aliphatic carbocycles. The predicted molar refractivity (Wildman–Crippen MR) is 80.2 cm³/mol. The number of carbonyl (C=O) groups excluding carboxylic acids is 1. The highest BCUT2D eigenvalue weighted by molar-refractivity contribution is 5.80. The number of ether oxygens (including phenoxy) is 1. The number of hydrogen-bond donors (Lipinski definition) is 2. The lowest BCUT2D eigenvalue weighted by Gasteiger charge is -2.40. The van der Waals surface area contributed by atoms with E-state index in [1.54, 1.807) is 0 Å². The lowest BCUT2D eigenvalue weighted by atomic mass is 9.86. The molecule has 1 aliphatic heterocycles. The molecule has 1 atom stereocenters. The third-order valence-corrected chi connectivity index (χ3v) is 4.07. The van der Waals surface area contributed by atoms with Crippen molar-refractivity contribution < 1.29 is 19.4 Å². The fraction of sp³-hybridized carbons (Fsp3) is 0.733.